The fraction of sp³-hybridized carbons (Fsp3) is 0.167. The van der Waals surface area contributed by atoms with E-state index >= 15 is 0 Å². The average Bonchev–Trinajstić information content (AvgIpc) is 2.60. The largest absolute Gasteiger partial charge is 0.399 e. The topological polar surface area (TPSA) is 72.9 Å². The number of hydrogen-bond acceptors (Lipinski definition) is 3. The van der Waals surface area contributed by atoms with Crippen LogP contribution in [0.1, 0.15) is 16.1 Å². The average molecular weight is 230 g/mol. The first kappa shape index (κ1) is 11.2. The molecule has 0 aliphatic rings. The summed E-state index contributed by atoms with van der Waals surface area (Å²) in [6.07, 6.45) is 1.55. The fourth-order valence-corrected chi connectivity index (χ4v) is 1.54. The zero-order chi connectivity index (χ0) is 12.4. The van der Waals surface area contributed by atoms with E-state index in [1.165, 1.54) is 0 Å². The minimum absolute atomic E-state index is 0.179. The lowest BCUT2D eigenvalue weighted by Gasteiger charge is -2.05. The standard InChI is InChI=1S/C12H14N4O/c1-8-11(7-14-16(8)2)12(17)15-10-5-3-4-9(13)6-10/h3-7H,13H2,1-2H3,(H,15,17). The lowest BCUT2D eigenvalue weighted by atomic mass is 10.2. The number of nitrogens with two attached hydrogens (primary N) is 1. The van der Waals surface area contributed by atoms with Crippen LogP contribution in [0.2, 0.25) is 0 Å². The molecule has 0 fully saturated rings. The fourth-order valence-electron chi connectivity index (χ4n) is 1.54. The normalized spacial score (nSPS) is 10.2. The first-order chi connectivity index (χ1) is 8.08. The van der Waals surface area contributed by atoms with Gasteiger partial charge in [-0.2, -0.15) is 5.10 Å². The third-order valence-electron chi connectivity index (χ3n) is 2.62. The summed E-state index contributed by atoms with van der Waals surface area (Å²) in [6.45, 7) is 1.85. The van der Waals surface area contributed by atoms with Crippen molar-refractivity contribution in [2.45, 2.75) is 6.92 Å². The van der Waals surface area contributed by atoms with Crippen molar-refractivity contribution in [2.75, 3.05) is 11.1 Å². The number of rotatable bonds is 2. The maximum absolute atomic E-state index is 12.0. The number of benzene rings is 1. The van der Waals surface area contributed by atoms with Crippen LogP contribution in [-0.2, 0) is 7.05 Å². The van der Waals surface area contributed by atoms with Crippen molar-refractivity contribution in [3.63, 3.8) is 0 Å². The van der Waals surface area contributed by atoms with E-state index in [0.717, 1.165) is 5.69 Å². The van der Waals surface area contributed by atoms with Crippen molar-refractivity contribution in [3.8, 4) is 0 Å². The first-order valence-electron chi connectivity index (χ1n) is 5.23. The number of nitrogens with one attached hydrogen (secondary N) is 1. The molecule has 2 aromatic rings. The number of nitrogens with zero attached hydrogens (tertiary/aromatic N) is 2. The van der Waals surface area contributed by atoms with Gasteiger partial charge in [0.05, 0.1) is 11.8 Å². The number of carbonyl (C=O) groups excluding carboxylic acids is 1. The van der Waals surface area contributed by atoms with Crippen LogP contribution in [0.25, 0.3) is 0 Å². The van der Waals surface area contributed by atoms with Crippen LogP contribution in [0.3, 0.4) is 0 Å². The van der Waals surface area contributed by atoms with Gasteiger partial charge in [0.2, 0.25) is 0 Å². The highest BCUT2D eigenvalue weighted by Gasteiger charge is 2.12. The number of nitrogen functional groups attached to an aromatic ring is 1. The van der Waals surface area contributed by atoms with E-state index in [0.29, 0.717) is 16.9 Å². The Morgan fingerprint density at radius 2 is 2.24 bits per heavy atom. The molecule has 0 aliphatic carbocycles. The van der Waals surface area contributed by atoms with E-state index in [9.17, 15) is 4.79 Å². The molecule has 88 valence electrons. The van der Waals surface area contributed by atoms with Gasteiger partial charge in [-0.05, 0) is 25.1 Å². The van der Waals surface area contributed by atoms with Gasteiger partial charge < -0.3 is 11.1 Å². The van der Waals surface area contributed by atoms with Crippen molar-refractivity contribution in [2.24, 2.45) is 7.05 Å². The highest BCUT2D eigenvalue weighted by molar-refractivity contribution is 6.05. The minimum atomic E-state index is -0.179. The number of carbonyl (C=O) groups is 1. The third kappa shape index (κ3) is 2.28. The summed E-state index contributed by atoms with van der Waals surface area (Å²) in [5, 5.41) is 6.81. The molecule has 0 aliphatic heterocycles. The summed E-state index contributed by atoms with van der Waals surface area (Å²) in [5.74, 6) is -0.179. The Labute approximate surface area is 99.2 Å². The van der Waals surface area contributed by atoms with Gasteiger partial charge in [0, 0.05) is 24.1 Å². The summed E-state index contributed by atoms with van der Waals surface area (Å²) in [4.78, 5) is 12.0. The number of amides is 1. The van der Waals surface area contributed by atoms with E-state index < -0.39 is 0 Å². The van der Waals surface area contributed by atoms with E-state index in [-0.39, 0.29) is 5.91 Å². The summed E-state index contributed by atoms with van der Waals surface area (Å²) >= 11 is 0. The van der Waals surface area contributed by atoms with Gasteiger partial charge in [-0.15, -0.1) is 0 Å². The quantitative estimate of drug-likeness (QED) is 0.769. The Balaban J connectivity index is 2.20. The maximum atomic E-state index is 12.0. The second-order valence-electron chi connectivity index (χ2n) is 3.85. The van der Waals surface area contributed by atoms with Gasteiger partial charge in [-0.25, -0.2) is 0 Å². The number of aryl methyl sites for hydroxylation is 1. The van der Waals surface area contributed by atoms with Gasteiger partial charge in [-0.1, -0.05) is 6.07 Å². The van der Waals surface area contributed by atoms with Gasteiger partial charge in [0.15, 0.2) is 0 Å². The molecule has 5 nitrogen and oxygen atoms in total. The molecular weight excluding hydrogens is 216 g/mol. The molecule has 0 unspecified atom stereocenters. The van der Waals surface area contributed by atoms with Crippen molar-refractivity contribution >= 4 is 17.3 Å². The van der Waals surface area contributed by atoms with Gasteiger partial charge >= 0.3 is 0 Å². The summed E-state index contributed by atoms with van der Waals surface area (Å²) < 4.78 is 1.66. The molecule has 2 rings (SSSR count). The molecule has 1 aromatic carbocycles. The summed E-state index contributed by atoms with van der Waals surface area (Å²) in [5.41, 5.74) is 8.32. The molecule has 1 amide bonds. The van der Waals surface area contributed by atoms with Crippen LogP contribution in [0.5, 0.6) is 0 Å². The molecule has 5 heteroatoms. The molecule has 17 heavy (non-hydrogen) atoms. The monoisotopic (exact) mass is 230 g/mol. The van der Waals surface area contributed by atoms with Gasteiger partial charge in [0.1, 0.15) is 0 Å². The molecule has 1 aromatic heterocycles. The first-order valence-corrected chi connectivity index (χ1v) is 5.23. The van der Waals surface area contributed by atoms with Crippen LogP contribution in [0.15, 0.2) is 30.5 Å². The molecule has 3 N–H and O–H groups in total. The Morgan fingerprint density at radius 3 is 2.82 bits per heavy atom. The van der Waals surface area contributed by atoms with Crippen LogP contribution in [-0.4, -0.2) is 15.7 Å². The molecule has 0 radical (unpaired) electrons. The van der Waals surface area contributed by atoms with E-state index in [2.05, 4.69) is 10.4 Å². The van der Waals surface area contributed by atoms with Crippen LogP contribution >= 0.6 is 0 Å². The highest BCUT2D eigenvalue weighted by atomic mass is 16.1. The molecule has 0 bridgehead atoms. The van der Waals surface area contributed by atoms with Gasteiger partial charge in [0.25, 0.3) is 5.91 Å². The molecule has 0 atom stereocenters. The van der Waals surface area contributed by atoms with E-state index in [1.54, 1.807) is 42.2 Å². The number of anilines is 2. The van der Waals surface area contributed by atoms with E-state index in [4.69, 9.17) is 5.73 Å². The van der Waals surface area contributed by atoms with Crippen molar-refractivity contribution in [1.82, 2.24) is 9.78 Å². The number of hydrogen-bond donors (Lipinski definition) is 2. The lowest BCUT2D eigenvalue weighted by Crippen LogP contribution is -2.13. The molecule has 0 saturated heterocycles. The third-order valence-corrected chi connectivity index (χ3v) is 2.62. The van der Waals surface area contributed by atoms with Crippen molar-refractivity contribution in [3.05, 3.63) is 41.7 Å². The Morgan fingerprint density at radius 1 is 1.47 bits per heavy atom. The second kappa shape index (κ2) is 4.29. The Hall–Kier alpha value is -2.30. The van der Waals surface area contributed by atoms with Crippen LogP contribution < -0.4 is 11.1 Å². The highest BCUT2D eigenvalue weighted by Crippen LogP contribution is 2.14. The molecule has 1 heterocycles. The Kier molecular flexibility index (Phi) is 2.82. The molecule has 0 saturated carbocycles. The van der Waals surface area contributed by atoms with Crippen molar-refractivity contribution < 1.29 is 4.79 Å². The second-order valence-corrected chi connectivity index (χ2v) is 3.85. The smallest absolute Gasteiger partial charge is 0.259 e. The molecule has 0 spiro atoms. The minimum Gasteiger partial charge on any atom is -0.399 e. The Bertz CT molecular complexity index is 559. The zero-order valence-corrected chi connectivity index (χ0v) is 9.77. The van der Waals surface area contributed by atoms with Crippen molar-refractivity contribution in [1.29, 1.82) is 0 Å². The predicted molar refractivity (Wildman–Crippen MR) is 66.8 cm³/mol. The van der Waals surface area contributed by atoms with Gasteiger partial charge in [-0.3, -0.25) is 9.48 Å². The lowest BCUT2D eigenvalue weighted by molar-refractivity contribution is 0.102. The maximum Gasteiger partial charge on any atom is 0.259 e. The molecular formula is C12H14N4O. The summed E-state index contributed by atoms with van der Waals surface area (Å²) in [7, 11) is 1.80. The van der Waals surface area contributed by atoms with Crippen LogP contribution in [0, 0.1) is 6.92 Å². The zero-order valence-electron chi connectivity index (χ0n) is 9.77. The predicted octanol–water partition coefficient (Wildman–Crippen LogP) is 1.56. The summed E-state index contributed by atoms with van der Waals surface area (Å²) in [6, 6.07) is 7.07. The number of aromatic nitrogens is 2. The van der Waals surface area contributed by atoms with E-state index in [1.807, 2.05) is 6.92 Å². The SMILES string of the molecule is Cc1c(C(=O)Nc2cccc(N)c2)cnn1C. The van der Waals surface area contributed by atoms with Crippen LogP contribution in [0.4, 0.5) is 11.4 Å².